The highest BCUT2D eigenvalue weighted by molar-refractivity contribution is 4.92. The predicted molar refractivity (Wildman–Crippen MR) is 71.8 cm³/mol. The van der Waals surface area contributed by atoms with Crippen molar-refractivity contribution in [2.45, 2.75) is 59.5 Å². The van der Waals surface area contributed by atoms with E-state index in [1.807, 2.05) is 0 Å². The lowest BCUT2D eigenvalue weighted by molar-refractivity contribution is 0.0278. The normalized spacial score (nSPS) is 26.8. The first-order chi connectivity index (χ1) is 7.12. The Morgan fingerprint density at radius 2 is 1.44 bits per heavy atom. The molecule has 0 N–H and O–H groups in total. The second-order valence-corrected chi connectivity index (χ2v) is 7.34. The first-order valence-corrected chi connectivity index (χ1v) is 6.57. The molecular formula is C14H30N2. The molecule has 1 fully saturated rings. The van der Waals surface area contributed by atoms with Crippen LogP contribution in [-0.2, 0) is 0 Å². The Balaban J connectivity index is 2.90. The van der Waals surface area contributed by atoms with E-state index in [1.54, 1.807) is 0 Å². The van der Waals surface area contributed by atoms with Crippen molar-refractivity contribution in [1.82, 2.24) is 9.80 Å². The summed E-state index contributed by atoms with van der Waals surface area (Å²) >= 11 is 0. The van der Waals surface area contributed by atoms with Gasteiger partial charge < -0.3 is 4.90 Å². The van der Waals surface area contributed by atoms with Gasteiger partial charge in [0.15, 0.2) is 0 Å². The summed E-state index contributed by atoms with van der Waals surface area (Å²) in [5, 5.41) is 0. The van der Waals surface area contributed by atoms with Gasteiger partial charge in [-0.05, 0) is 46.2 Å². The summed E-state index contributed by atoms with van der Waals surface area (Å²) in [5.74, 6) is 0. The molecule has 1 saturated heterocycles. The Bertz CT molecular complexity index is 198. The zero-order valence-electron chi connectivity index (χ0n) is 12.3. The van der Waals surface area contributed by atoms with Crippen LogP contribution < -0.4 is 0 Å². The van der Waals surface area contributed by atoms with Gasteiger partial charge in [0.1, 0.15) is 0 Å². The van der Waals surface area contributed by atoms with E-state index in [0.717, 1.165) is 0 Å². The van der Waals surface area contributed by atoms with Crippen molar-refractivity contribution in [3.05, 3.63) is 0 Å². The monoisotopic (exact) mass is 226 g/mol. The van der Waals surface area contributed by atoms with Gasteiger partial charge >= 0.3 is 0 Å². The molecule has 2 nitrogen and oxygen atoms in total. The van der Waals surface area contributed by atoms with Crippen molar-refractivity contribution < 1.29 is 0 Å². The molecule has 0 unspecified atom stereocenters. The topological polar surface area (TPSA) is 6.48 Å². The molecule has 1 atom stereocenters. The molecule has 0 radical (unpaired) electrons. The summed E-state index contributed by atoms with van der Waals surface area (Å²) in [5.41, 5.74) is 0.654. The van der Waals surface area contributed by atoms with E-state index in [9.17, 15) is 0 Å². The molecule has 0 aromatic heterocycles. The van der Waals surface area contributed by atoms with Gasteiger partial charge in [-0.2, -0.15) is 0 Å². The zero-order valence-corrected chi connectivity index (χ0v) is 12.3. The van der Waals surface area contributed by atoms with Gasteiger partial charge in [0.05, 0.1) is 0 Å². The van der Waals surface area contributed by atoms with Gasteiger partial charge in [-0.1, -0.05) is 20.8 Å². The quantitative estimate of drug-likeness (QED) is 0.627. The second-order valence-electron chi connectivity index (χ2n) is 7.34. The molecule has 0 aromatic carbocycles. The molecule has 2 heteroatoms. The number of hydrogen-bond acceptors (Lipinski definition) is 2. The van der Waals surface area contributed by atoms with Crippen LogP contribution in [0.3, 0.4) is 0 Å². The molecule has 1 aliphatic rings. The molecule has 0 bridgehead atoms. The molecule has 0 amide bonds. The molecule has 0 aliphatic carbocycles. The maximum atomic E-state index is 2.70. The van der Waals surface area contributed by atoms with Crippen LogP contribution in [-0.4, -0.2) is 48.1 Å². The maximum Gasteiger partial charge on any atom is 0.0162 e. The average molecular weight is 226 g/mol. The third-order valence-corrected chi connectivity index (χ3v) is 3.74. The largest absolute Gasteiger partial charge is 0.305 e. The summed E-state index contributed by atoms with van der Waals surface area (Å²) in [7, 11) is 2.24. The summed E-state index contributed by atoms with van der Waals surface area (Å²) in [6, 6.07) is 0.692. The van der Waals surface area contributed by atoms with Gasteiger partial charge in [0, 0.05) is 24.7 Å². The minimum atomic E-state index is 0.281. The smallest absolute Gasteiger partial charge is 0.0162 e. The lowest BCUT2D eigenvalue weighted by Crippen LogP contribution is -2.53. The summed E-state index contributed by atoms with van der Waals surface area (Å²) < 4.78 is 0. The van der Waals surface area contributed by atoms with Crippen LogP contribution in [0.15, 0.2) is 0 Å². The fourth-order valence-corrected chi connectivity index (χ4v) is 2.75. The Labute approximate surface area is 102 Å². The van der Waals surface area contributed by atoms with Crippen molar-refractivity contribution in [2.24, 2.45) is 5.41 Å². The Hall–Kier alpha value is -0.0800. The standard InChI is InChI=1S/C14H30N2/c1-13(2,3)12-8-9-15(7)10-11-16(12)14(4,5)6/h12H,8-11H2,1-7H3/t12-/m1/s1. The lowest BCUT2D eigenvalue weighted by Gasteiger charge is -2.46. The molecule has 0 saturated carbocycles. The van der Waals surface area contributed by atoms with Crippen molar-refractivity contribution in [1.29, 1.82) is 0 Å². The Kier molecular flexibility index (Phi) is 4.07. The number of rotatable bonds is 0. The Morgan fingerprint density at radius 3 is 1.88 bits per heavy atom. The zero-order chi connectivity index (χ0) is 12.6. The molecular weight excluding hydrogens is 196 g/mol. The van der Waals surface area contributed by atoms with E-state index >= 15 is 0 Å². The molecule has 96 valence electrons. The van der Waals surface area contributed by atoms with E-state index in [0.29, 0.717) is 11.5 Å². The average Bonchev–Trinajstić information content (AvgIpc) is 2.23. The molecule has 1 aliphatic heterocycles. The summed E-state index contributed by atoms with van der Waals surface area (Å²) in [6.45, 7) is 17.8. The number of hydrogen-bond donors (Lipinski definition) is 0. The van der Waals surface area contributed by atoms with Crippen molar-refractivity contribution in [2.75, 3.05) is 26.7 Å². The SMILES string of the molecule is CN1CC[C@H](C(C)(C)C)N(C(C)(C)C)CC1. The van der Waals surface area contributed by atoms with Gasteiger partial charge in [0.25, 0.3) is 0 Å². The third-order valence-electron chi connectivity index (χ3n) is 3.74. The van der Waals surface area contributed by atoms with Gasteiger partial charge in [-0.3, -0.25) is 4.90 Å². The molecule has 0 aromatic rings. The van der Waals surface area contributed by atoms with Gasteiger partial charge in [-0.15, -0.1) is 0 Å². The van der Waals surface area contributed by atoms with Gasteiger partial charge in [-0.25, -0.2) is 0 Å². The third kappa shape index (κ3) is 3.46. The lowest BCUT2D eigenvalue weighted by atomic mass is 9.81. The van der Waals surface area contributed by atoms with Crippen LogP contribution >= 0.6 is 0 Å². The van der Waals surface area contributed by atoms with Crippen LogP contribution in [0.5, 0.6) is 0 Å². The number of likely N-dealkylation sites (N-methyl/N-ethyl adjacent to an activating group) is 1. The van der Waals surface area contributed by atoms with Crippen LogP contribution in [0.4, 0.5) is 0 Å². The van der Waals surface area contributed by atoms with Crippen molar-refractivity contribution in [3.8, 4) is 0 Å². The first kappa shape index (κ1) is 14.0. The highest BCUT2D eigenvalue weighted by Crippen LogP contribution is 2.33. The fourth-order valence-electron chi connectivity index (χ4n) is 2.75. The minimum absolute atomic E-state index is 0.281. The highest BCUT2D eigenvalue weighted by Gasteiger charge is 2.37. The van der Waals surface area contributed by atoms with Crippen LogP contribution in [0.1, 0.15) is 48.0 Å². The molecule has 16 heavy (non-hydrogen) atoms. The summed E-state index contributed by atoms with van der Waals surface area (Å²) in [4.78, 5) is 5.17. The first-order valence-electron chi connectivity index (χ1n) is 6.57. The predicted octanol–water partition coefficient (Wildman–Crippen LogP) is 2.84. The van der Waals surface area contributed by atoms with E-state index in [2.05, 4.69) is 58.4 Å². The van der Waals surface area contributed by atoms with Gasteiger partial charge in [0.2, 0.25) is 0 Å². The highest BCUT2D eigenvalue weighted by atomic mass is 15.3. The van der Waals surface area contributed by atoms with Crippen LogP contribution in [0, 0.1) is 5.41 Å². The molecule has 1 heterocycles. The summed E-state index contributed by atoms with van der Waals surface area (Å²) in [6.07, 6.45) is 1.29. The Morgan fingerprint density at radius 1 is 0.875 bits per heavy atom. The molecule has 1 rings (SSSR count). The molecule has 0 spiro atoms. The van der Waals surface area contributed by atoms with Crippen molar-refractivity contribution >= 4 is 0 Å². The van der Waals surface area contributed by atoms with Crippen LogP contribution in [0.2, 0.25) is 0 Å². The fraction of sp³-hybridized carbons (Fsp3) is 1.00. The van der Waals surface area contributed by atoms with E-state index in [4.69, 9.17) is 0 Å². The second kappa shape index (κ2) is 4.66. The minimum Gasteiger partial charge on any atom is -0.305 e. The maximum absolute atomic E-state index is 2.70. The van der Waals surface area contributed by atoms with E-state index < -0.39 is 0 Å². The van der Waals surface area contributed by atoms with E-state index in [-0.39, 0.29) is 5.54 Å². The number of nitrogens with zero attached hydrogens (tertiary/aromatic N) is 2. The van der Waals surface area contributed by atoms with Crippen LogP contribution in [0.25, 0.3) is 0 Å². The van der Waals surface area contributed by atoms with E-state index in [1.165, 1.54) is 26.1 Å². The van der Waals surface area contributed by atoms with Crippen molar-refractivity contribution in [3.63, 3.8) is 0 Å².